The van der Waals surface area contributed by atoms with Crippen LogP contribution in [-0.4, -0.2) is 0 Å². The predicted octanol–water partition coefficient (Wildman–Crippen LogP) is 4.22. The van der Waals surface area contributed by atoms with Crippen LogP contribution in [0.2, 0.25) is 0 Å². The van der Waals surface area contributed by atoms with Gasteiger partial charge >= 0.3 is 0 Å². The zero-order valence-electron chi connectivity index (χ0n) is 9.34. The van der Waals surface area contributed by atoms with Crippen LogP contribution < -0.4 is 0 Å². The number of rotatable bonds is 1. The third-order valence-electron chi connectivity index (χ3n) is 3.52. The molecule has 2 atom stereocenters. The number of hydrogen-bond donors (Lipinski definition) is 0. The van der Waals surface area contributed by atoms with Crippen LogP contribution in [0.4, 0.5) is 0 Å². The van der Waals surface area contributed by atoms with Crippen LogP contribution in [0.25, 0.3) is 6.08 Å². The highest BCUT2D eigenvalue weighted by molar-refractivity contribution is 5.55. The van der Waals surface area contributed by atoms with E-state index in [1.54, 1.807) is 5.57 Å². The van der Waals surface area contributed by atoms with Gasteiger partial charge in [0.05, 0.1) is 0 Å². The second-order valence-corrected chi connectivity index (χ2v) is 4.71. The Kier molecular flexibility index (Phi) is 2.49. The summed E-state index contributed by atoms with van der Waals surface area (Å²) in [6.07, 6.45) is 14.0. The summed E-state index contributed by atoms with van der Waals surface area (Å²) in [6.45, 7) is 0. The van der Waals surface area contributed by atoms with E-state index in [0.717, 1.165) is 5.92 Å². The van der Waals surface area contributed by atoms with Crippen molar-refractivity contribution in [2.75, 3.05) is 0 Å². The molecule has 2 aliphatic rings. The van der Waals surface area contributed by atoms with Crippen LogP contribution in [0, 0.1) is 11.8 Å². The van der Waals surface area contributed by atoms with Crippen molar-refractivity contribution in [1.29, 1.82) is 0 Å². The molecular formula is C16H16. The van der Waals surface area contributed by atoms with Gasteiger partial charge in [0.25, 0.3) is 0 Å². The molecule has 0 aliphatic heterocycles. The average Bonchev–Trinajstić information content (AvgIpc) is 2.53. The molecule has 0 heterocycles. The Labute approximate surface area is 97.0 Å². The molecule has 0 aromatic heterocycles. The summed E-state index contributed by atoms with van der Waals surface area (Å²) in [5.41, 5.74) is 2.93. The van der Waals surface area contributed by atoms with Gasteiger partial charge in [0, 0.05) is 0 Å². The van der Waals surface area contributed by atoms with Crippen molar-refractivity contribution in [1.82, 2.24) is 0 Å². The minimum absolute atomic E-state index is 0.667. The standard InChI is InChI=1S/C16H16/c1-2-6-13(7-3-1)10-16-12-14-8-4-5-9-15(16)11-14/h1-10,14-15H,11-12H2/b16-10+/t14-,15+/m1/s1. The molecule has 2 aliphatic carbocycles. The van der Waals surface area contributed by atoms with E-state index in [0.29, 0.717) is 5.92 Å². The maximum atomic E-state index is 2.37. The highest BCUT2D eigenvalue weighted by Crippen LogP contribution is 2.39. The van der Waals surface area contributed by atoms with E-state index < -0.39 is 0 Å². The van der Waals surface area contributed by atoms with Gasteiger partial charge in [0.2, 0.25) is 0 Å². The maximum Gasteiger partial charge on any atom is -0.00109 e. The van der Waals surface area contributed by atoms with Crippen molar-refractivity contribution in [3.63, 3.8) is 0 Å². The fraction of sp³-hybridized carbons (Fsp3) is 0.250. The second kappa shape index (κ2) is 4.13. The van der Waals surface area contributed by atoms with Gasteiger partial charge in [-0.25, -0.2) is 0 Å². The first-order valence-electron chi connectivity index (χ1n) is 6.02. The van der Waals surface area contributed by atoms with Crippen molar-refractivity contribution < 1.29 is 0 Å². The molecule has 0 radical (unpaired) electrons. The Balaban J connectivity index is 1.89. The number of fused-ring (bicyclic) bond motifs is 2. The number of benzene rings is 1. The summed E-state index contributed by atoms with van der Waals surface area (Å²) in [5, 5.41) is 0. The van der Waals surface area contributed by atoms with Crippen molar-refractivity contribution >= 4 is 6.08 Å². The lowest BCUT2D eigenvalue weighted by atomic mass is 9.99. The predicted molar refractivity (Wildman–Crippen MR) is 68.9 cm³/mol. The third kappa shape index (κ3) is 1.88. The molecule has 1 aromatic carbocycles. The summed E-state index contributed by atoms with van der Waals surface area (Å²) in [4.78, 5) is 0. The zero-order chi connectivity index (χ0) is 10.8. The Morgan fingerprint density at radius 3 is 2.69 bits per heavy atom. The molecule has 0 heteroatoms. The van der Waals surface area contributed by atoms with Crippen LogP contribution in [0.1, 0.15) is 18.4 Å². The van der Waals surface area contributed by atoms with Crippen LogP contribution in [0.5, 0.6) is 0 Å². The first kappa shape index (κ1) is 9.65. The van der Waals surface area contributed by atoms with E-state index in [1.807, 2.05) is 0 Å². The minimum Gasteiger partial charge on any atom is -0.0811 e. The van der Waals surface area contributed by atoms with Crippen LogP contribution in [-0.2, 0) is 0 Å². The SMILES string of the molecule is C1=C[C@H]2C/C(=C\c3ccccc3)[C@@H](C=C1)C2. The zero-order valence-corrected chi connectivity index (χ0v) is 9.34. The molecule has 0 N–H and O–H groups in total. The van der Waals surface area contributed by atoms with Crippen LogP contribution in [0.15, 0.2) is 60.2 Å². The van der Waals surface area contributed by atoms with E-state index in [4.69, 9.17) is 0 Å². The smallest absolute Gasteiger partial charge is 0.00109 e. The fourth-order valence-corrected chi connectivity index (χ4v) is 2.71. The van der Waals surface area contributed by atoms with E-state index in [-0.39, 0.29) is 0 Å². The summed E-state index contributed by atoms with van der Waals surface area (Å²) in [7, 11) is 0. The first-order chi connectivity index (χ1) is 7.92. The lowest BCUT2D eigenvalue weighted by Gasteiger charge is -2.06. The molecular weight excluding hydrogens is 192 g/mol. The normalized spacial score (nSPS) is 29.6. The maximum absolute atomic E-state index is 2.37. The molecule has 0 amide bonds. The van der Waals surface area contributed by atoms with Crippen molar-refractivity contribution in [2.24, 2.45) is 11.8 Å². The highest BCUT2D eigenvalue weighted by atomic mass is 14.3. The Bertz CT molecular complexity index is 448. The molecule has 1 aromatic rings. The van der Waals surface area contributed by atoms with Crippen molar-refractivity contribution in [3.05, 3.63) is 65.8 Å². The third-order valence-corrected chi connectivity index (χ3v) is 3.52. The van der Waals surface area contributed by atoms with Gasteiger partial charge in [-0.05, 0) is 30.2 Å². The Morgan fingerprint density at radius 1 is 1.00 bits per heavy atom. The summed E-state index contributed by atoms with van der Waals surface area (Å²) in [6, 6.07) is 10.7. The van der Waals surface area contributed by atoms with Gasteiger partial charge in [-0.1, -0.05) is 66.3 Å². The van der Waals surface area contributed by atoms with E-state index in [2.05, 4.69) is 60.7 Å². The molecule has 1 fully saturated rings. The molecule has 2 bridgehead atoms. The summed E-state index contributed by atoms with van der Waals surface area (Å²) in [5.74, 6) is 1.43. The van der Waals surface area contributed by atoms with Crippen LogP contribution >= 0.6 is 0 Å². The molecule has 0 nitrogen and oxygen atoms in total. The molecule has 1 saturated carbocycles. The van der Waals surface area contributed by atoms with Gasteiger partial charge in [-0.15, -0.1) is 0 Å². The average molecular weight is 208 g/mol. The highest BCUT2D eigenvalue weighted by Gasteiger charge is 2.26. The largest absolute Gasteiger partial charge is 0.0811 e. The Morgan fingerprint density at radius 2 is 1.81 bits per heavy atom. The molecule has 80 valence electrons. The number of allylic oxidation sites excluding steroid dienone is 5. The van der Waals surface area contributed by atoms with Crippen molar-refractivity contribution in [3.8, 4) is 0 Å². The molecule has 0 spiro atoms. The fourth-order valence-electron chi connectivity index (χ4n) is 2.71. The van der Waals surface area contributed by atoms with Gasteiger partial charge < -0.3 is 0 Å². The minimum atomic E-state index is 0.667. The Hall–Kier alpha value is -1.56. The van der Waals surface area contributed by atoms with E-state index in [1.165, 1.54) is 18.4 Å². The van der Waals surface area contributed by atoms with E-state index >= 15 is 0 Å². The van der Waals surface area contributed by atoms with Crippen LogP contribution in [0.3, 0.4) is 0 Å². The first-order valence-corrected chi connectivity index (χ1v) is 6.02. The topological polar surface area (TPSA) is 0 Å². The van der Waals surface area contributed by atoms with Crippen molar-refractivity contribution in [2.45, 2.75) is 12.8 Å². The molecule has 0 saturated heterocycles. The summed E-state index contributed by atoms with van der Waals surface area (Å²) < 4.78 is 0. The van der Waals surface area contributed by atoms with Gasteiger partial charge in [0.1, 0.15) is 0 Å². The molecule has 16 heavy (non-hydrogen) atoms. The monoisotopic (exact) mass is 208 g/mol. The lowest BCUT2D eigenvalue weighted by Crippen LogP contribution is -1.90. The van der Waals surface area contributed by atoms with Gasteiger partial charge in [-0.2, -0.15) is 0 Å². The second-order valence-electron chi connectivity index (χ2n) is 4.71. The summed E-state index contributed by atoms with van der Waals surface area (Å²) >= 11 is 0. The quantitative estimate of drug-likeness (QED) is 0.648. The van der Waals surface area contributed by atoms with Gasteiger partial charge in [0.15, 0.2) is 0 Å². The van der Waals surface area contributed by atoms with Gasteiger partial charge in [-0.3, -0.25) is 0 Å². The number of hydrogen-bond acceptors (Lipinski definition) is 0. The molecule has 3 rings (SSSR count). The molecule has 0 unspecified atom stereocenters. The lowest BCUT2D eigenvalue weighted by molar-refractivity contribution is 0.651. The van der Waals surface area contributed by atoms with E-state index in [9.17, 15) is 0 Å².